The van der Waals surface area contributed by atoms with Gasteiger partial charge in [0.05, 0.1) is 12.2 Å². The molecule has 0 bridgehead atoms. The van der Waals surface area contributed by atoms with E-state index in [2.05, 4.69) is 15.9 Å². The molecule has 1 aromatic rings. The molecule has 17 heavy (non-hydrogen) atoms. The number of hydrogen-bond donors (Lipinski definition) is 1. The highest BCUT2D eigenvalue weighted by atomic mass is 79.9. The zero-order valence-electron chi connectivity index (χ0n) is 9.94. The number of anilines is 1. The van der Waals surface area contributed by atoms with Gasteiger partial charge < -0.3 is 14.7 Å². The Morgan fingerprint density at radius 3 is 2.76 bits per heavy atom. The Morgan fingerprint density at radius 1 is 1.53 bits per heavy atom. The van der Waals surface area contributed by atoms with Crippen LogP contribution in [-0.2, 0) is 4.74 Å². The SMILES string of the molecule is CCOCCN(C)c1ccc(C(=O)O)c(Br)c1. The summed E-state index contributed by atoms with van der Waals surface area (Å²) >= 11 is 3.26. The number of hydrogen-bond acceptors (Lipinski definition) is 3. The fraction of sp³-hybridized carbons (Fsp3) is 0.417. The van der Waals surface area contributed by atoms with Crippen molar-refractivity contribution in [1.82, 2.24) is 0 Å². The molecular formula is C12H16BrNO3. The molecule has 0 aliphatic heterocycles. The summed E-state index contributed by atoms with van der Waals surface area (Å²) in [6.07, 6.45) is 0. The quantitative estimate of drug-likeness (QED) is 0.821. The predicted molar refractivity (Wildman–Crippen MR) is 70.9 cm³/mol. The van der Waals surface area contributed by atoms with Crippen molar-refractivity contribution in [3.8, 4) is 0 Å². The highest BCUT2D eigenvalue weighted by molar-refractivity contribution is 9.10. The summed E-state index contributed by atoms with van der Waals surface area (Å²) in [5.41, 5.74) is 1.23. The number of rotatable bonds is 6. The van der Waals surface area contributed by atoms with E-state index in [0.717, 1.165) is 12.2 Å². The molecular weight excluding hydrogens is 286 g/mol. The van der Waals surface area contributed by atoms with Crippen LogP contribution in [0.3, 0.4) is 0 Å². The van der Waals surface area contributed by atoms with E-state index in [0.29, 0.717) is 17.7 Å². The first-order valence-corrected chi connectivity index (χ1v) is 6.17. The first-order chi connectivity index (χ1) is 8.06. The molecule has 94 valence electrons. The summed E-state index contributed by atoms with van der Waals surface area (Å²) in [5, 5.41) is 8.90. The van der Waals surface area contributed by atoms with Gasteiger partial charge in [-0.25, -0.2) is 4.79 Å². The second-order valence-electron chi connectivity index (χ2n) is 3.59. The molecule has 0 aliphatic rings. The number of halogens is 1. The highest BCUT2D eigenvalue weighted by Crippen LogP contribution is 2.23. The Morgan fingerprint density at radius 2 is 2.24 bits per heavy atom. The predicted octanol–water partition coefficient (Wildman–Crippen LogP) is 2.62. The van der Waals surface area contributed by atoms with Crippen molar-refractivity contribution in [3.05, 3.63) is 28.2 Å². The van der Waals surface area contributed by atoms with Gasteiger partial charge >= 0.3 is 5.97 Å². The van der Waals surface area contributed by atoms with Gasteiger partial charge in [-0.1, -0.05) is 0 Å². The van der Waals surface area contributed by atoms with Gasteiger partial charge in [-0.15, -0.1) is 0 Å². The summed E-state index contributed by atoms with van der Waals surface area (Å²) in [5.74, 6) is -0.930. The lowest BCUT2D eigenvalue weighted by Gasteiger charge is -2.19. The van der Waals surface area contributed by atoms with Crippen LogP contribution in [0.2, 0.25) is 0 Å². The maximum atomic E-state index is 10.9. The molecule has 0 radical (unpaired) electrons. The molecule has 0 aromatic heterocycles. The van der Waals surface area contributed by atoms with Crippen molar-refractivity contribution in [3.63, 3.8) is 0 Å². The van der Waals surface area contributed by atoms with Crippen LogP contribution in [0.4, 0.5) is 5.69 Å². The maximum absolute atomic E-state index is 10.9. The molecule has 0 spiro atoms. The third-order valence-electron chi connectivity index (χ3n) is 2.40. The highest BCUT2D eigenvalue weighted by Gasteiger charge is 2.10. The molecule has 0 saturated heterocycles. The molecule has 0 heterocycles. The van der Waals surface area contributed by atoms with Crippen molar-refractivity contribution in [1.29, 1.82) is 0 Å². The summed E-state index contributed by atoms with van der Waals surface area (Å²) in [6, 6.07) is 5.19. The summed E-state index contributed by atoms with van der Waals surface area (Å²) in [4.78, 5) is 12.9. The minimum Gasteiger partial charge on any atom is -0.478 e. The van der Waals surface area contributed by atoms with E-state index in [-0.39, 0.29) is 5.56 Å². The number of aromatic carboxylic acids is 1. The topological polar surface area (TPSA) is 49.8 Å². The Labute approximate surface area is 109 Å². The largest absolute Gasteiger partial charge is 0.478 e. The van der Waals surface area contributed by atoms with Crippen LogP contribution in [0, 0.1) is 0 Å². The number of benzene rings is 1. The van der Waals surface area contributed by atoms with Crippen LogP contribution in [0.5, 0.6) is 0 Å². The third-order valence-corrected chi connectivity index (χ3v) is 3.06. The molecule has 0 unspecified atom stereocenters. The zero-order chi connectivity index (χ0) is 12.8. The Hall–Kier alpha value is -1.07. The third kappa shape index (κ3) is 4.02. The van der Waals surface area contributed by atoms with Gasteiger partial charge in [0, 0.05) is 30.4 Å². The van der Waals surface area contributed by atoms with Crippen LogP contribution >= 0.6 is 15.9 Å². The van der Waals surface area contributed by atoms with Crippen molar-refractivity contribution < 1.29 is 14.6 Å². The van der Waals surface area contributed by atoms with Crippen LogP contribution in [0.1, 0.15) is 17.3 Å². The smallest absolute Gasteiger partial charge is 0.336 e. The summed E-state index contributed by atoms with van der Waals surface area (Å²) in [7, 11) is 1.95. The van der Waals surface area contributed by atoms with Crippen LogP contribution in [0.25, 0.3) is 0 Å². The van der Waals surface area contributed by atoms with Gasteiger partial charge in [-0.3, -0.25) is 0 Å². The Kier molecular flexibility index (Phi) is 5.44. The number of nitrogens with zero attached hydrogens (tertiary/aromatic N) is 1. The van der Waals surface area contributed by atoms with E-state index in [4.69, 9.17) is 9.84 Å². The van der Waals surface area contributed by atoms with Crippen molar-refractivity contribution >= 4 is 27.6 Å². The number of carbonyl (C=O) groups is 1. The second-order valence-corrected chi connectivity index (χ2v) is 4.44. The number of carboxylic acid groups (broad SMARTS) is 1. The first-order valence-electron chi connectivity index (χ1n) is 5.38. The van der Waals surface area contributed by atoms with E-state index in [1.807, 2.05) is 18.9 Å². The van der Waals surface area contributed by atoms with Gasteiger partial charge in [-0.2, -0.15) is 0 Å². The van der Waals surface area contributed by atoms with E-state index in [1.165, 1.54) is 0 Å². The Bertz CT molecular complexity index is 395. The summed E-state index contributed by atoms with van der Waals surface area (Å²) in [6.45, 7) is 4.09. The van der Waals surface area contributed by atoms with Gasteiger partial charge in [0.15, 0.2) is 0 Å². The van der Waals surface area contributed by atoms with Crippen molar-refractivity contribution in [2.24, 2.45) is 0 Å². The Balaban J connectivity index is 2.72. The average Bonchev–Trinajstić information content (AvgIpc) is 2.28. The lowest BCUT2D eigenvalue weighted by molar-refractivity contribution is 0.0696. The minimum atomic E-state index is -0.930. The standard InChI is InChI=1S/C12H16BrNO3/c1-3-17-7-6-14(2)9-4-5-10(12(15)16)11(13)8-9/h4-5,8H,3,6-7H2,1-2H3,(H,15,16). The molecule has 4 nitrogen and oxygen atoms in total. The van der Waals surface area contributed by atoms with Crippen LogP contribution < -0.4 is 4.90 Å². The number of likely N-dealkylation sites (N-methyl/N-ethyl adjacent to an activating group) is 1. The molecule has 0 amide bonds. The van der Waals surface area contributed by atoms with Crippen LogP contribution in [0.15, 0.2) is 22.7 Å². The second kappa shape index (κ2) is 6.61. The molecule has 0 atom stereocenters. The number of ether oxygens (including phenoxy) is 1. The summed E-state index contributed by atoms with van der Waals surface area (Å²) < 4.78 is 5.86. The normalized spacial score (nSPS) is 10.3. The van der Waals surface area contributed by atoms with E-state index in [1.54, 1.807) is 18.2 Å². The van der Waals surface area contributed by atoms with Gasteiger partial charge in [0.2, 0.25) is 0 Å². The molecule has 1 rings (SSSR count). The molecule has 0 aliphatic carbocycles. The lowest BCUT2D eigenvalue weighted by Crippen LogP contribution is -2.22. The number of carboxylic acids is 1. The van der Waals surface area contributed by atoms with E-state index >= 15 is 0 Å². The van der Waals surface area contributed by atoms with E-state index < -0.39 is 5.97 Å². The van der Waals surface area contributed by atoms with Crippen molar-refractivity contribution in [2.75, 3.05) is 31.7 Å². The minimum absolute atomic E-state index is 0.270. The monoisotopic (exact) mass is 301 g/mol. The maximum Gasteiger partial charge on any atom is 0.336 e. The van der Waals surface area contributed by atoms with E-state index in [9.17, 15) is 4.79 Å². The molecule has 5 heteroatoms. The first kappa shape index (κ1) is 14.0. The van der Waals surface area contributed by atoms with Gasteiger partial charge in [0.25, 0.3) is 0 Å². The molecule has 0 fully saturated rings. The van der Waals surface area contributed by atoms with Gasteiger partial charge in [0.1, 0.15) is 0 Å². The lowest BCUT2D eigenvalue weighted by atomic mass is 10.2. The molecule has 1 N–H and O–H groups in total. The van der Waals surface area contributed by atoms with Crippen molar-refractivity contribution in [2.45, 2.75) is 6.92 Å². The molecule has 0 saturated carbocycles. The van der Waals surface area contributed by atoms with Gasteiger partial charge in [-0.05, 0) is 41.1 Å². The molecule has 1 aromatic carbocycles. The zero-order valence-corrected chi connectivity index (χ0v) is 11.5. The van der Waals surface area contributed by atoms with Crippen LogP contribution in [-0.4, -0.2) is 37.9 Å². The average molecular weight is 302 g/mol. The fourth-order valence-corrected chi connectivity index (χ4v) is 1.93. The fourth-order valence-electron chi connectivity index (χ4n) is 1.39.